The van der Waals surface area contributed by atoms with Crippen molar-refractivity contribution in [1.29, 1.82) is 0 Å². The Kier molecular flexibility index (Phi) is 6.58. The van der Waals surface area contributed by atoms with Crippen molar-refractivity contribution in [3.8, 4) is 0 Å². The molecule has 0 radical (unpaired) electrons. The molecule has 2 rings (SSSR count). The molecule has 1 heterocycles. The highest BCUT2D eigenvalue weighted by Crippen LogP contribution is 2.10. The normalized spacial score (nSPS) is 13.7. The number of benzene rings is 1. The summed E-state index contributed by atoms with van der Waals surface area (Å²) in [4.78, 5) is 37.1. The first-order chi connectivity index (χ1) is 11.1. The third-order valence-corrected chi connectivity index (χ3v) is 4.17. The summed E-state index contributed by atoms with van der Waals surface area (Å²) in [5, 5.41) is 5.27. The summed E-state index contributed by atoms with van der Waals surface area (Å²) in [6.07, 6.45) is 2.21. The minimum absolute atomic E-state index is 0.0273. The van der Waals surface area contributed by atoms with Crippen LogP contribution in [-0.4, -0.2) is 48.8 Å². The predicted octanol–water partition coefficient (Wildman–Crippen LogP) is 1.31. The van der Waals surface area contributed by atoms with Gasteiger partial charge in [0.05, 0.1) is 6.54 Å². The maximum atomic E-state index is 11.9. The average Bonchev–Trinajstić information content (AvgIpc) is 3.07. The molecule has 0 spiro atoms. The zero-order valence-corrected chi connectivity index (χ0v) is 14.4. The van der Waals surface area contributed by atoms with Crippen molar-refractivity contribution in [2.24, 2.45) is 0 Å². The zero-order valence-electron chi connectivity index (χ0n) is 12.8. The van der Waals surface area contributed by atoms with Crippen LogP contribution in [0.5, 0.6) is 0 Å². The topological polar surface area (TPSA) is 78.5 Å². The van der Waals surface area contributed by atoms with E-state index in [9.17, 15) is 14.4 Å². The van der Waals surface area contributed by atoms with Crippen LogP contribution in [0.25, 0.3) is 0 Å². The summed E-state index contributed by atoms with van der Waals surface area (Å²) >= 11 is 3.30. The fourth-order valence-corrected chi connectivity index (χ4v) is 2.60. The van der Waals surface area contributed by atoms with E-state index < -0.39 is 0 Å². The number of nitrogens with zero attached hydrogens (tertiary/aromatic N) is 1. The molecule has 23 heavy (non-hydrogen) atoms. The molecule has 0 aliphatic carbocycles. The van der Waals surface area contributed by atoms with Gasteiger partial charge >= 0.3 is 0 Å². The van der Waals surface area contributed by atoms with Gasteiger partial charge in [0.25, 0.3) is 5.91 Å². The van der Waals surface area contributed by atoms with E-state index in [1.807, 2.05) is 0 Å². The maximum absolute atomic E-state index is 11.9. The monoisotopic (exact) mass is 381 g/mol. The molecular formula is C16H20BrN3O3. The van der Waals surface area contributed by atoms with Crippen molar-refractivity contribution in [3.63, 3.8) is 0 Å². The Labute approximate surface area is 143 Å². The van der Waals surface area contributed by atoms with E-state index in [0.717, 1.165) is 30.4 Å². The van der Waals surface area contributed by atoms with Gasteiger partial charge in [-0.25, -0.2) is 0 Å². The molecule has 6 nitrogen and oxygen atoms in total. The SMILES string of the molecule is O=C(CCNC(=O)c1ccc(Br)cc1)NCC(=O)N1CCCC1. The highest BCUT2D eigenvalue weighted by Gasteiger charge is 2.18. The summed E-state index contributed by atoms with van der Waals surface area (Å²) in [7, 11) is 0. The second-order valence-electron chi connectivity index (χ2n) is 5.38. The first-order valence-electron chi connectivity index (χ1n) is 7.64. The van der Waals surface area contributed by atoms with E-state index in [0.29, 0.717) is 5.56 Å². The molecule has 3 amide bonds. The second-order valence-corrected chi connectivity index (χ2v) is 6.29. The Balaban J connectivity index is 1.63. The van der Waals surface area contributed by atoms with Crippen molar-refractivity contribution in [2.45, 2.75) is 19.3 Å². The van der Waals surface area contributed by atoms with Gasteiger partial charge in [0.15, 0.2) is 0 Å². The van der Waals surface area contributed by atoms with Crippen LogP contribution < -0.4 is 10.6 Å². The smallest absolute Gasteiger partial charge is 0.251 e. The number of likely N-dealkylation sites (tertiary alicyclic amines) is 1. The second kappa shape index (κ2) is 8.67. The minimum atomic E-state index is -0.242. The Morgan fingerprint density at radius 2 is 1.70 bits per heavy atom. The van der Waals surface area contributed by atoms with Crippen LogP contribution >= 0.6 is 15.9 Å². The summed E-state index contributed by atoms with van der Waals surface area (Å²) in [6, 6.07) is 6.97. The van der Waals surface area contributed by atoms with Crippen molar-refractivity contribution in [3.05, 3.63) is 34.3 Å². The lowest BCUT2D eigenvalue weighted by Crippen LogP contribution is -2.39. The van der Waals surface area contributed by atoms with Gasteiger partial charge in [-0.05, 0) is 37.1 Å². The molecule has 0 atom stereocenters. The molecule has 7 heteroatoms. The molecule has 0 aromatic heterocycles. The molecule has 1 aromatic carbocycles. The van der Waals surface area contributed by atoms with Crippen LogP contribution in [0.3, 0.4) is 0 Å². The number of carbonyl (C=O) groups is 3. The van der Waals surface area contributed by atoms with Crippen LogP contribution in [0.4, 0.5) is 0 Å². The largest absolute Gasteiger partial charge is 0.352 e. The molecule has 0 bridgehead atoms. The van der Waals surface area contributed by atoms with Crippen LogP contribution in [0.2, 0.25) is 0 Å². The first kappa shape index (κ1) is 17.5. The molecule has 1 aromatic rings. The van der Waals surface area contributed by atoms with E-state index in [1.54, 1.807) is 29.2 Å². The number of rotatable bonds is 6. The minimum Gasteiger partial charge on any atom is -0.352 e. The lowest BCUT2D eigenvalue weighted by atomic mass is 10.2. The lowest BCUT2D eigenvalue weighted by Gasteiger charge is -2.15. The zero-order chi connectivity index (χ0) is 16.7. The quantitative estimate of drug-likeness (QED) is 0.779. The average molecular weight is 382 g/mol. The van der Waals surface area contributed by atoms with Crippen molar-refractivity contribution in [2.75, 3.05) is 26.2 Å². The molecule has 1 fully saturated rings. The summed E-state index contributed by atoms with van der Waals surface area (Å²) in [6.45, 7) is 1.81. The molecule has 1 aliphatic heterocycles. The molecule has 0 unspecified atom stereocenters. The fraction of sp³-hybridized carbons (Fsp3) is 0.438. The van der Waals surface area contributed by atoms with Gasteiger partial charge in [-0.15, -0.1) is 0 Å². The standard InChI is InChI=1S/C16H20BrN3O3/c17-13-5-3-12(4-6-13)16(23)18-8-7-14(21)19-11-15(22)20-9-1-2-10-20/h3-6H,1-2,7-11H2,(H,18,23)(H,19,21). The number of nitrogens with one attached hydrogen (secondary N) is 2. The lowest BCUT2D eigenvalue weighted by molar-refractivity contribution is -0.132. The third kappa shape index (κ3) is 5.67. The first-order valence-corrected chi connectivity index (χ1v) is 8.44. The number of hydrogen-bond donors (Lipinski definition) is 2. The Bertz CT molecular complexity index is 568. The van der Waals surface area contributed by atoms with Crippen molar-refractivity contribution < 1.29 is 14.4 Å². The van der Waals surface area contributed by atoms with E-state index in [-0.39, 0.29) is 37.2 Å². The van der Waals surface area contributed by atoms with Crippen LogP contribution in [-0.2, 0) is 9.59 Å². The Hall–Kier alpha value is -1.89. The maximum Gasteiger partial charge on any atom is 0.251 e. The predicted molar refractivity (Wildman–Crippen MR) is 89.9 cm³/mol. The molecule has 1 saturated heterocycles. The number of amides is 3. The molecule has 124 valence electrons. The van der Waals surface area contributed by atoms with Crippen LogP contribution in [0, 0.1) is 0 Å². The van der Waals surface area contributed by atoms with E-state index in [2.05, 4.69) is 26.6 Å². The van der Waals surface area contributed by atoms with Gasteiger partial charge in [-0.1, -0.05) is 15.9 Å². The summed E-state index contributed by atoms with van der Waals surface area (Å²) in [5.74, 6) is -0.512. The molecule has 1 aliphatic rings. The fourth-order valence-electron chi connectivity index (χ4n) is 2.33. The molecular weight excluding hydrogens is 362 g/mol. The Morgan fingerprint density at radius 1 is 1.04 bits per heavy atom. The number of halogens is 1. The van der Waals surface area contributed by atoms with Gasteiger partial charge in [0.2, 0.25) is 11.8 Å². The van der Waals surface area contributed by atoms with Gasteiger partial charge in [0.1, 0.15) is 0 Å². The van der Waals surface area contributed by atoms with Gasteiger partial charge < -0.3 is 15.5 Å². The summed E-state index contributed by atoms with van der Waals surface area (Å²) < 4.78 is 0.899. The highest BCUT2D eigenvalue weighted by molar-refractivity contribution is 9.10. The van der Waals surface area contributed by atoms with Crippen LogP contribution in [0.1, 0.15) is 29.6 Å². The van der Waals surface area contributed by atoms with Crippen molar-refractivity contribution >= 4 is 33.7 Å². The van der Waals surface area contributed by atoms with E-state index in [1.165, 1.54) is 0 Å². The highest BCUT2D eigenvalue weighted by atomic mass is 79.9. The summed E-state index contributed by atoms with van der Waals surface area (Å²) in [5.41, 5.74) is 0.540. The third-order valence-electron chi connectivity index (χ3n) is 3.64. The van der Waals surface area contributed by atoms with Gasteiger partial charge in [-0.3, -0.25) is 14.4 Å². The van der Waals surface area contributed by atoms with E-state index >= 15 is 0 Å². The van der Waals surface area contributed by atoms with E-state index in [4.69, 9.17) is 0 Å². The number of carbonyl (C=O) groups excluding carboxylic acids is 3. The van der Waals surface area contributed by atoms with Gasteiger partial charge in [0, 0.05) is 36.1 Å². The Morgan fingerprint density at radius 3 is 2.35 bits per heavy atom. The van der Waals surface area contributed by atoms with Gasteiger partial charge in [-0.2, -0.15) is 0 Å². The molecule has 0 saturated carbocycles. The molecule has 2 N–H and O–H groups in total. The number of hydrogen-bond acceptors (Lipinski definition) is 3. The van der Waals surface area contributed by atoms with Crippen LogP contribution in [0.15, 0.2) is 28.7 Å². The van der Waals surface area contributed by atoms with Crippen molar-refractivity contribution in [1.82, 2.24) is 15.5 Å².